The highest BCUT2D eigenvalue weighted by atomic mass is 16.5. The summed E-state index contributed by atoms with van der Waals surface area (Å²) < 4.78 is 6.78. The van der Waals surface area contributed by atoms with Crippen LogP contribution in [0.4, 0.5) is 0 Å². The van der Waals surface area contributed by atoms with E-state index in [0.717, 1.165) is 5.82 Å². The van der Waals surface area contributed by atoms with E-state index in [1.807, 2.05) is 31.5 Å². The maximum absolute atomic E-state index is 12.5. The Balaban J connectivity index is 2.11. The predicted octanol–water partition coefficient (Wildman–Crippen LogP) is 1.49. The van der Waals surface area contributed by atoms with Crippen LogP contribution in [0.1, 0.15) is 37.4 Å². The van der Waals surface area contributed by atoms with E-state index >= 15 is 0 Å². The molecule has 0 aliphatic rings. The van der Waals surface area contributed by atoms with Crippen LogP contribution in [-0.2, 0) is 11.3 Å². The van der Waals surface area contributed by atoms with Crippen molar-refractivity contribution in [2.45, 2.75) is 40.3 Å². The largest absolute Gasteiger partial charge is 0.340 e. The topological polar surface area (TPSA) is 77.0 Å². The SMILES string of the molecule is CCN(Cc1noc(C)n1)C(=O)C(C)n1ccnc1C. The fourth-order valence-corrected chi connectivity index (χ4v) is 2.10. The standard InChI is InChI=1S/C13H19N5O2/c1-5-17(8-12-15-11(4)20-16-12)13(19)9(2)18-7-6-14-10(18)3/h6-7,9H,5,8H2,1-4H3. The lowest BCUT2D eigenvalue weighted by atomic mass is 10.2. The minimum atomic E-state index is -0.301. The Labute approximate surface area is 117 Å². The Hall–Kier alpha value is -2.18. The lowest BCUT2D eigenvalue weighted by Gasteiger charge is -2.24. The van der Waals surface area contributed by atoms with Crippen LogP contribution in [0.5, 0.6) is 0 Å². The number of carbonyl (C=O) groups is 1. The average molecular weight is 277 g/mol. The van der Waals surface area contributed by atoms with Crippen molar-refractivity contribution in [1.29, 1.82) is 0 Å². The van der Waals surface area contributed by atoms with Crippen LogP contribution in [0, 0.1) is 13.8 Å². The molecule has 1 unspecified atom stereocenters. The number of rotatable bonds is 5. The van der Waals surface area contributed by atoms with Crippen molar-refractivity contribution in [3.63, 3.8) is 0 Å². The van der Waals surface area contributed by atoms with Gasteiger partial charge in [0.25, 0.3) is 0 Å². The number of carbonyl (C=O) groups excluding carboxylic acids is 1. The van der Waals surface area contributed by atoms with Crippen molar-refractivity contribution >= 4 is 5.91 Å². The quantitative estimate of drug-likeness (QED) is 0.827. The molecule has 0 aliphatic heterocycles. The maximum Gasteiger partial charge on any atom is 0.245 e. The molecular formula is C13H19N5O2. The third-order valence-corrected chi connectivity index (χ3v) is 3.23. The Bertz CT molecular complexity index is 589. The Morgan fingerprint density at radius 3 is 2.75 bits per heavy atom. The van der Waals surface area contributed by atoms with Gasteiger partial charge in [0.1, 0.15) is 11.9 Å². The summed E-state index contributed by atoms with van der Waals surface area (Å²) in [5.74, 6) is 1.85. The molecule has 0 N–H and O–H groups in total. The molecule has 1 amide bonds. The summed E-state index contributed by atoms with van der Waals surface area (Å²) in [6.07, 6.45) is 3.50. The normalized spacial score (nSPS) is 12.4. The first kappa shape index (κ1) is 14.2. The van der Waals surface area contributed by atoms with Crippen LogP contribution in [0.25, 0.3) is 0 Å². The molecular weight excluding hydrogens is 258 g/mol. The zero-order valence-corrected chi connectivity index (χ0v) is 12.2. The molecule has 7 nitrogen and oxygen atoms in total. The van der Waals surface area contributed by atoms with Gasteiger partial charge < -0.3 is 14.0 Å². The van der Waals surface area contributed by atoms with E-state index in [-0.39, 0.29) is 11.9 Å². The molecule has 0 radical (unpaired) electrons. The van der Waals surface area contributed by atoms with Crippen LogP contribution in [0.15, 0.2) is 16.9 Å². The predicted molar refractivity (Wildman–Crippen MR) is 71.8 cm³/mol. The summed E-state index contributed by atoms with van der Waals surface area (Å²) in [5, 5.41) is 3.83. The molecule has 7 heteroatoms. The Kier molecular flexibility index (Phi) is 4.16. The minimum Gasteiger partial charge on any atom is -0.340 e. The fourth-order valence-electron chi connectivity index (χ4n) is 2.10. The van der Waals surface area contributed by atoms with Gasteiger partial charge in [-0.15, -0.1) is 0 Å². The van der Waals surface area contributed by atoms with Crippen LogP contribution >= 0.6 is 0 Å². The number of amides is 1. The molecule has 1 atom stereocenters. The summed E-state index contributed by atoms with van der Waals surface area (Å²) in [6.45, 7) is 8.34. The summed E-state index contributed by atoms with van der Waals surface area (Å²) in [4.78, 5) is 22.5. The van der Waals surface area contributed by atoms with Crippen molar-refractivity contribution in [2.75, 3.05) is 6.54 Å². The van der Waals surface area contributed by atoms with Crippen molar-refractivity contribution in [3.05, 3.63) is 29.9 Å². The van der Waals surface area contributed by atoms with Crippen molar-refractivity contribution in [3.8, 4) is 0 Å². The highest BCUT2D eigenvalue weighted by molar-refractivity contribution is 5.80. The number of hydrogen-bond acceptors (Lipinski definition) is 5. The number of hydrogen-bond donors (Lipinski definition) is 0. The van der Waals surface area contributed by atoms with Crippen LogP contribution in [0.3, 0.4) is 0 Å². The van der Waals surface area contributed by atoms with E-state index < -0.39 is 0 Å². The first-order chi connectivity index (χ1) is 9.52. The zero-order chi connectivity index (χ0) is 14.7. The molecule has 0 bridgehead atoms. The number of aryl methyl sites for hydroxylation is 2. The summed E-state index contributed by atoms with van der Waals surface area (Å²) in [6, 6.07) is -0.301. The summed E-state index contributed by atoms with van der Waals surface area (Å²) in [5.41, 5.74) is 0. The van der Waals surface area contributed by atoms with E-state index in [2.05, 4.69) is 15.1 Å². The van der Waals surface area contributed by atoms with Gasteiger partial charge in [-0.1, -0.05) is 5.16 Å². The molecule has 0 saturated carbocycles. The van der Waals surface area contributed by atoms with Gasteiger partial charge in [0.05, 0.1) is 6.54 Å². The number of nitrogens with zero attached hydrogens (tertiary/aromatic N) is 5. The van der Waals surface area contributed by atoms with Crippen LogP contribution < -0.4 is 0 Å². The fraction of sp³-hybridized carbons (Fsp3) is 0.538. The van der Waals surface area contributed by atoms with E-state index in [1.54, 1.807) is 18.0 Å². The van der Waals surface area contributed by atoms with Gasteiger partial charge in [0, 0.05) is 25.9 Å². The monoisotopic (exact) mass is 277 g/mol. The molecule has 0 spiro atoms. The van der Waals surface area contributed by atoms with Gasteiger partial charge in [0.2, 0.25) is 11.8 Å². The van der Waals surface area contributed by atoms with E-state index in [1.165, 1.54) is 0 Å². The van der Waals surface area contributed by atoms with Gasteiger partial charge in [-0.2, -0.15) is 4.98 Å². The molecule has 2 aromatic rings. The van der Waals surface area contributed by atoms with E-state index in [9.17, 15) is 4.79 Å². The van der Waals surface area contributed by atoms with Crippen molar-refractivity contribution in [2.24, 2.45) is 0 Å². The molecule has 0 saturated heterocycles. The molecule has 2 rings (SSSR count). The molecule has 108 valence electrons. The third kappa shape index (κ3) is 2.87. The van der Waals surface area contributed by atoms with E-state index in [0.29, 0.717) is 24.8 Å². The second kappa shape index (κ2) is 5.85. The van der Waals surface area contributed by atoms with Gasteiger partial charge in [-0.05, 0) is 20.8 Å². The van der Waals surface area contributed by atoms with E-state index in [4.69, 9.17) is 4.52 Å². The lowest BCUT2D eigenvalue weighted by Crippen LogP contribution is -2.36. The Morgan fingerprint density at radius 1 is 1.50 bits per heavy atom. The molecule has 2 heterocycles. The van der Waals surface area contributed by atoms with Crippen LogP contribution in [0.2, 0.25) is 0 Å². The summed E-state index contributed by atoms with van der Waals surface area (Å²) >= 11 is 0. The minimum absolute atomic E-state index is 0.0102. The second-order valence-electron chi connectivity index (χ2n) is 4.64. The van der Waals surface area contributed by atoms with Gasteiger partial charge >= 0.3 is 0 Å². The molecule has 0 aliphatic carbocycles. The lowest BCUT2D eigenvalue weighted by molar-refractivity contribution is -0.134. The van der Waals surface area contributed by atoms with Gasteiger partial charge in [-0.3, -0.25) is 4.79 Å². The molecule has 2 aromatic heterocycles. The zero-order valence-electron chi connectivity index (χ0n) is 12.2. The number of aromatic nitrogens is 4. The molecule has 20 heavy (non-hydrogen) atoms. The van der Waals surface area contributed by atoms with Crippen molar-refractivity contribution in [1.82, 2.24) is 24.6 Å². The second-order valence-corrected chi connectivity index (χ2v) is 4.64. The molecule has 0 aromatic carbocycles. The highest BCUT2D eigenvalue weighted by Crippen LogP contribution is 2.14. The first-order valence-corrected chi connectivity index (χ1v) is 6.60. The maximum atomic E-state index is 12.5. The Morgan fingerprint density at radius 2 is 2.25 bits per heavy atom. The summed E-state index contributed by atoms with van der Waals surface area (Å²) in [7, 11) is 0. The average Bonchev–Trinajstić information content (AvgIpc) is 3.03. The van der Waals surface area contributed by atoms with Gasteiger partial charge in [0.15, 0.2) is 5.82 Å². The number of imidazole rings is 1. The smallest absolute Gasteiger partial charge is 0.245 e. The van der Waals surface area contributed by atoms with Crippen molar-refractivity contribution < 1.29 is 9.32 Å². The molecule has 0 fully saturated rings. The third-order valence-electron chi connectivity index (χ3n) is 3.23. The number of likely N-dealkylation sites (N-methyl/N-ethyl adjacent to an activating group) is 1. The highest BCUT2D eigenvalue weighted by Gasteiger charge is 2.23. The van der Waals surface area contributed by atoms with Crippen LogP contribution in [-0.4, -0.2) is 37.0 Å². The van der Waals surface area contributed by atoms with Gasteiger partial charge in [-0.25, -0.2) is 4.98 Å². The first-order valence-electron chi connectivity index (χ1n) is 6.60.